The van der Waals surface area contributed by atoms with E-state index in [4.69, 9.17) is 9.47 Å². The van der Waals surface area contributed by atoms with Crippen LogP contribution >= 0.6 is 0 Å². The van der Waals surface area contributed by atoms with Gasteiger partial charge in [0.25, 0.3) is 0 Å². The Kier molecular flexibility index (Phi) is 3.81. The van der Waals surface area contributed by atoms with Gasteiger partial charge in [0, 0.05) is 16.9 Å². The molecule has 2 atom stereocenters. The van der Waals surface area contributed by atoms with Crippen LogP contribution in [0.15, 0.2) is 48.5 Å². The summed E-state index contributed by atoms with van der Waals surface area (Å²) in [5.74, 6) is 8.86. The summed E-state index contributed by atoms with van der Waals surface area (Å²) in [6, 6.07) is 16.2. The number of benzene rings is 2. The highest BCUT2D eigenvalue weighted by atomic mass is 16.5. The van der Waals surface area contributed by atoms with Crippen molar-refractivity contribution in [2.45, 2.75) is 18.8 Å². The van der Waals surface area contributed by atoms with E-state index in [1.807, 2.05) is 36.4 Å². The molecule has 3 rings (SSSR count). The molecular formula is C20H20O2. The predicted molar refractivity (Wildman–Crippen MR) is 88.3 cm³/mol. The fourth-order valence-electron chi connectivity index (χ4n) is 2.71. The van der Waals surface area contributed by atoms with E-state index in [9.17, 15) is 0 Å². The summed E-state index contributed by atoms with van der Waals surface area (Å²) in [6.07, 6.45) is 1.11. The first kappa shape index (κ1) is 14.5. The van der Waals surface area contributed by atoms with E-state index in [-0.39, 0.29) is 5.41 Å². The van der Waals surface area contributed by atoms with Crippen molar-refractivity contribution in [3.8, 4) is 23.3 Å². The molecule has 2 aromatic carbocycles. The first-order valence-corrected chi connectivity index (χ1v) is 7.46. The Morgan fingerprint density at radius 2 is 1.45 bits per heavy atom. The zero-order valence-electron chi connectivity index (χ0n) is 13.2. The Hall–Kier alpha value is -2.40. The van der Waals surface area contributed by atoms with Crippen LogP contribution in [0.2, 0.25) is 0 Å². The van der Waals surface area contributed by atoms with E-state index in [2.05, 4.69) is 30.9 Å². The van der Waals surface area contributed by atoms with Crippen LogP contribution in [0.25, 0.3) is 0 Å². The smallest absolute Gasteiger partial charge is 0.118 e. The number of hydrogen-bond donors (Lipinski definition) is 0. The molecule has 0 spiro atoms. The van der Waals surface area contributed by atoms with Crippen LogP contribution in [-0.4, -0.2) is 14.2 Å². The molecule has 0 radical (unpaired) electrons. The summed E-state index contributed by atoms with van der Waals surface area (Å²) in [5, 5.41) is 0. The second-order valence-corrected chi connectivity index (χ2v) is 5.90. The van der Waals surface area contributed by atoms with Gasteiger partial charge in [-0.3, -0.25) is 0 Å². The minimum atomic E-state index is 0.172. The second-order valence-electron chi connectivity index (χ2n) is 5.90. The number of rotatable bonds is 3. The van der Waals surface area contributed by atoms with Gasteiger partial charge in [0.1, 0.15) is 11.5 Å². The fourth-order valence-corrected chi connectivity index (χ4v) is 2.71. The molecule has 0 N–H and O–H groups in total. The molecule has 0 aromatic heterocycles. The van der Waals surface area contributed by atoms with Gasteiger partial charge in [0.05, 0.1) is 14.2 Å². The van der Waals surface area contributed by atoms with Crippen molar-refractivity contribution in [2.24, 2.45) is 5.92 Å². The average Bonchev–Trinajstić information content (AvgIpc) is 3.25. The summed E-state index contributed by atoms with van der Waals surface area (Å²) < 4.78 is 10.4. The third-order valence-corrected chi connectivity index (χ3v) is 4.47. The van der Waals surface area contributed by atoms with Gasteiger partial charge in [-0.2, -0.15) is 0 Å². The Morgan fingerprint density at radius 3 is 2.00 bits per heavy atom. The number of methoxy groups -OCH3 is 2. The highest BCUT2D eigenvalue weighted by molar-refractivity contribution is 5.44. The van der Waals surface area contributed by atoms with E-state index in [1.165, 1.54) is 5.56 Å². The molecule has 0 bridgehead atoms. The van der Waals surface area contributed by atoms with Crippen molar-refractivity contribution in [1.29, 1.82) is 0 Å². The standard InChI is InChI=1S/C20H20O2/c1-20(16-8-12-19(22-3)13-9-16)14-17(20)7-4-15-5-10-18(21-2)11-6-15/h5-6,8-13,17H,14H2,1-3H3/t17-,20+/m0/s1. The van der Waals surface area contributed by atoms with Gasteiger partial charge < -0.3 is 9.47 Å². The lowest BCUT2D eigenvalue weighted by Gasteiger charge is -2.10. The zero-order chi connectivity index (χ0) is 15.6. The Labute approximate surface area is 132 Å². The first-order chi connectivity index (χ1) is 10.7. The van der Waals surface area contributed by atoms with E-state index >= 15 is 0 Å². The lowest BCUT2D eigenvalue weighted by molar-refractivity contribution is 0.414. The molecule has 1 aliphatic carbocycles. The number of ether oxygens (including phenoxy) is 2. The maximum Gasteiger partial charge on any atom is 0.118 e. The van der Waals surface area contributed by atoms with E-state index in [0.29, 0.717) is 5.92 Å². The first-order valence-electron chi connectivity index (χ1n) is 7.46. The molecule has 112 valence electrons. The van der Waals surface area contributed by atoms with Crippen LogP contribution in [-0.2, 0) is 5.41 Å². The molecule has 22 heavy (non-hydrogen) atoms. The minimum Gasteiger partial charge on any atom is -0.497 e. The molecule has 0 heterocycles. The van der Waals surface area contributed by atoms with Gasteiger partial charge in [-0.1, -0.05) is 30.9 Å². The fraction of sp³-hybridized carbons (Fsp3) is 0.300. The highest BCUT2D eigenvalue weighted by Gasteiger charge is 2.50. The molecule has 2 aromatic rings. The summed E-state index contributed by atoms with van der Waals surface area (Å²) >= 11 is 0. The monoisotopic (exact) mass is 292 g/mol. The van der Waals surface area contributed by atoms with Crippen molar-refractivity contribution in [3.05, 3.63) is 59.7 Å². The summed E-state index contributed by atoms with van der Waals surface area (Å²) in [5.41, 5.74) is 2.54. The van der Waals surface area contributed by atoms with Crippen molar-refractivity contribution in [1.82, 2.24) is 0 Å². The van der Waals surface area contributed by atoms with Gasteiger partial charge >= 0.3 is 0 Å². The lowest BCUT2D eigenvalue weighted by Crippen LogP contribution is -2.03. The van der Waals surface area contributed by atoms with Crippen LogP contribution in [0.5, 0.6) is 11.5 Å². The zero-order valence-corrected chi connectivity index (χ0v) is 13.2. The molecule has 1 aliphatic rings. The molecule has 0 unspecified atom stereocenters. The van der Waals surface area contributed by atoms with E-state index in [1.54, 1.807) is 14.2 Å². The molecule has 1 saturated carbocycles. The summed E-state index contributed by atoms with van der Waals surface area (Å²) in [4.78, 5) is 0. The van der Waals surface area contributed by atoms with Crippen LogP contribution in [0.1, 0.15) is 24.5 Å². The van der Waals surface area contributed by atoms with Crippen molar-refractivity contribution >= 4 is 0 Å². The Bertz CT molecular complexity index is 704. The van der Waals surface area contributed by atoms with Crippen molar-refractivity contribution in [2.75, 3.05) is 14.2 Å². The van der Waals surface area contributed by atoms with Crippen molar-refractivity contribution in [3.63, 3.8) is 0 Å². The molecule has 2 nitrogen and oxygen atoms in total. The molecule has 2 heteroatoms. The third-order valence-electron chi connectivity index (χ3n) is 4.47. The highest BCUT2D eigenvalue weighted by Crippen LogP contribution is 2.53. The van der Waals surface area contributed by atoms with Gasteiger partial charge in [-0.25, -0.2) is 0 Å². The predicted octanol–water partition coefficient (Wildman–Crippen LogP) is 4.03. The Morgan fingerprint density at radius 1 is 0.909 bits per heavy atom. The van der Waals surface area contributed by atoms with Gasteiger partial charge in [0.2, 0.25) is 0 Å². The number of hydrogen-bond acceptors (Lipinski definition) is 2. The molecule has 1 fully saturated rings. The molecule has 0 aliphatic heterocycles. The van der Waals surface area contributed by atoms with Crippen LogP contribution in [0.4, 0.5) is 0 Å². The third kappa shape index (κ3) is 2.80. The SMILES string of the molecule is COc1ccc(C#C[C@H]2C[C@]2(C)c2ccc(OC)cc2)cc1. The topological polar surface area (TPSA) is 18.5 Å². The van der Waals surface area contributed by atoms with E-state index in [0.717, 1.165) is 23.5 Å². The van der Waals surface area contributed by atoms with Crippen LogP contribution in [0, 0.1) is 17.8 Å². The second kappa shape index (κ2) is 5.77. The van der Waals surface area contributed by atoms with Crippen LogP contribution in [0.3, 0.4) is 0 Å². The van der Waals surface area contributed by atoms with Gasteiger partial charge in [0.15, 0.2) is 0 Å². The summed E-state index contributed by atoms with van der Waals surface area (Å²) in [6.45, 7) is 2.28. The average molecular weight is 292 g/mol. The minimum absolute atomic E-state index is 0.172. The lowest BCUT2D eigenvalue weighted by atomic mass is 9.95. The molecular weight excluding hydrogens is 272 g/mol. The molecule has 0 saturated heterocycles. The maximum absolute atomic E-state index is 5.22. The Balaban J connectivity index is 1.71. The van der Waals surface area contributed by atoms with Gasteiger partial charge in [-0.15, -0.1) is 0 Å². The van der Waals surface area contributed by atoms with Crippen molar-refractivity contribution < 1.29 is 9.47 Å². The van der Waals surface area contributed by atoms with E-state index < -0.39 is 0 Å². The van der Waals surface area contributed by atoms with Gasteiger partial charge in [-0.05, 0) is 48.4 Å². The largest absolute Gasteiger partial charge is 0.497 e. The summed E-state index contributed by atoms with van der Waals surface area (Å²) in [7, 11) is 3.36. The molecule has 0 amide bonds. The van der Waals surface area contributed by atoms with Crippen LogP contribution < -0.4 is 9.47 Å². The quantitative estimate of drug-likeness (QED) is 0.795. The maximum atomic E-state index is 5.22. The normalized spacial score (nSPS) is 22.4.